The van der Waals surface area contributed by atoms with Crippen molar-refractivity contribution >= 4 is 11.9 Å². The van der Waals surface area contributed by atoms with Crippen LogP contribution in [-0.4, -0.2) is 53.2 Å². The van der Waals surface area contributed by atoms with Crippen LogP contribution in [0.15, 0.2) is 9.52 Å². The molecule has 1 aromatic heterocycles. The number of rotatable bonds is 5. The van der Waals surface area contributed by atoms with Gasteiger partial charge in [0.25, 0.3) is 0 Å². The fourth-order valence-corrected chi connectivity index (χ4v) is 2.78. The van der Waals surface area contributed by atoms with E-state index in [1.807, 2.05) is 34.6 Å². The summed E-state index contributed by atoms with van der Waals surface area (Å²) in [6.45, 7) is 13.1. The van der Waals surface area contributed by atoms with Gasteiger partial charge < -0.3 is 19.5 Å². The summed E-state index contributed by atoms with van der Waals surface area (Å²) in [7, 11) is 0. The zero-order valence-electron chi connectivity index (χ0n) is 16.5. The zero-order valence-corrected chi connectivity index (χ0v) is 16.5. The fourth-order valence-electron chi connectivity index (χ4n) is 2.78. The quantitative estimate of drug-likeness (QED) is 0.485. The summed E-state index contributed by atoms with van der Waals surface area (Å²) in [4.78, 5) is 23.1. The third kappa shape index (κ3) is 5.44. The molecule has 1 saturated heterocycles. The lowest BCUT2D eigenvalue weighted by Gasteiger charge is -2.33. The van der Waals surface area contributed by atoms with E-state index in [1.54, 1.807) is 0 Å². The molecule has 0 bridgehead atoms. The van der Waals surface area contributed by atoms with Crippen molar-refractivity contribution in [3.8, 4) is 0 Å². The van der Waals surface area contributed by atoms with Crippen LogP contribution >= 0.6 is 0 Å². The molecule has 1 fully saturated rings. The van der Waals surface area contributed by atoms with Crippen LogP contribution in [0.2, 0.25) is 0 Å². The van der Waals surface area contributed by atoms with Gasteiger partial charge in [-0.05, 0) is 26.7 Å². The van der Waals surface area contributed by atoms with Crippen LogP contribution in [0.5, 0.6) is 0 Å². The second kappa shape index (κ2) is 9.00. The molecule has 0 atom stereocenters. The SMILES string of the molecule is CCNC(=NCc1noc(C(C)(C)C)n1)N1CCC(C(=O)OCC)CC1. The van der Waals surface area contributed by atoms with Crippen molar-refractivity contribution in [2.24, 2.45) is 10.9 Å². The molecule has 26 heavy (non-hydrogen) atoms. The van der Waals surface area contributed by atoms with Gasteiger partial charge in [0, 0.05) is 25.0 Å². The molecule has 0 aliphatic carbocycles. The van der Waals surface area contributed by atoms with E-state index in [1.165, 1.54) is 0 Å². The van der Waals surface area contributed by atoms with Crippen LogP contribution in [-0.2, 0) is 21.5 Å². The van der Waals surface area contributed by atoms with Crippen LogP contribution in [0.4, 0.5) is 0 Å². The third-order valence-electron chi connectivity index (χ3n) is 4.23. The topological polar surface area (TPSA) is 92.9 Å². The molecule has 146 valence electrons. The van der Waals surface area contributed by atoms with Gasteiger partial charge in [0.1, 0.15) is 6.54 Å². The van der Waals surface area contributed by atoms with Crippen molar-refractivity contribution in [2.75, 3.05) is 26.2 Å². The van der Waals surface area contributed by atoms with Crippen LogP contribution in [0, 0.1) is 5.92 Å². The highest BCUT2D eigenvalue weighted by Crippen LogP contribution is 2.20. The Morgan fingerprint density at radius 2 is 2.04 bits per heavy atom. The maximum Gasteiger partial charge on any atom is 0.309 e. The highest BCUT2D eigenvalue weighted by atomic mass is 16.5. The van der Waals surface area contributed by atoms with Gasteiger partial charge in [-0.2, -0.15) is 4.98 Å². The molecule has 0 unspecified atom stereocenters. The Bertz CT molecular complexity index is 613. The monoisotopic (exact) mass is 365 g/mol. The Labute approximate surface area is 155 Å². The average molecular weight is 365 g/mol. The number of carbonyl (C=O) groups is 1. The van der Waals surface area contributed by atoms with Crippen LogP contribution < -0.4 is 5.32 Å². The number of nitrogens with one attached hydrogen (secondary N) is 1. The Morgan fingerprint density at radius 1 is 1.35 bits per heavy atom. The molecule has 1 aliphatic heterocycles. The molecule has 0 amide bonds. The number of hydrogen-bond acceptors (Lipinski definition) is 6. The first-order valence-corrected chi connectivity index (χ1v) is 9.38. The van der Waals surface area contributed by atoms with E-state index in [-0.39, 0.29) is 17.3 Å². The fraction of sp³-hybridized carbons (Fsp3) is 0.778. The lowest BCUT2D eigenvalue weighted by Crippen LogP contribution is -2.46. The van der Waals surface area contributed by atoms with Crippen LogP contribution in [0.1, 0.15) is 59.2 Å². The smallest absolute Gasteiger partial charge is 0.309 e. The van der Waals surface area contributed by atoms with Gasteiger partial charge >= 0.3 is 5.97 Å². The van der Waals surface area contributed by atoms with Gasteiger partial charge in [0.2, 0.25) is 5.89 Å². The molecule has 2 rings (SSSR count). The molecule has 0 saturated carbocycles. The van der Waals surface area contributed by atoms with Crippen molar-refractivity contribution in [1.82, 2.24) is 20.4 Å². The van der Waals surface area contributed by atoms with E-state index in [2.05, 4.69) is 25.3 Å². The number of likely N-dealkylation sites (tertiary alicyclic amines) is 1. The summed E-state index contributed by atoms with van der Waals surface area (Å²) < 4.78 is 10.4. The van der Waals surface area contributed by atoms with E-state index in [0.29, 0.717) is 24.9 Å². The summed E-state index contributed by atoms with van der Waals surface area (Å²) in [5.74, 6) is 1.91. The number of esters is 1. The Hall–Kier alpha value is -2.12. The number of ether oxygens (including phenoxy) is 1. The molecule has 0 spiro atoms. The van der Waals surface area contributed by atoms with E-state index in [9.17, 15) is 4.79 Å². The molecule has 0 aromatic carbocycles. The van der Waals surface area contributed by atoms with Crippen LogP contribution in [0.25, 0.3) is 0 Å². The summed E-state index contributed by atoms with van der Waals surface area (Å²) in [5, 5.41) is 7.32. The Morgan fingerprint density at radius 3 is 2.58 bits per heavy atom. The van der Waals surface area contributed by atoms with E-state index in [0.717, 1.165) is 38.4 Å². The number of aliphatic imine (C=N–C) groups is 1. The minimum atomic E-state index is -0.172. The van der Waals surface area contributed by atoms with Crippen molar-refractivity contribution < 1.29 is 14.1 Å². The van der Waals surface area contributed by atoms with Gasteiger partial charge in [-0.15, -0.1) is 0 Å². The number of hydrogen-bond donors (Lipinski definition) is 1. The van der Waals surface area contributed by atoms with Gasteiger partial charge in [0.05, 0.1) is 12.5 Å². The van der Waals surface area contributed by atoms with Gasteiger partial charge in [-0.1, -0.05) is 25.9 Å². The maximum absolute atomic E-state index is 11.9. The molecule has 1 aliphatic rings. The van der Waals surface area contributed by atoms with E-state index < -0.39 is 0 Å². The summed E-state index contributed by atoms with van der Waals surface area (Å²) in [6, 6.07) is 0. The number of aromatic nitrogens is 2. The first kappa shape index (κ1) is 20.2. The number of piperidine rings is 1. The molecule has 2 heterocycles. The number of carbonyl (C=O) groups excluding carboxylic acids is 1. The van der Waals surface area contributed by atoms with Gasteiger partial charge in [-0.25, -0.2) is 4.99 Å². The third-order valence-corrected chi connectivity index (χ3v) is 4.23. The number of nitrogens with zero attached hydrogens (tertiary/aromatic N) is 4. The molecule has 0 radical (unpaired) electrons. The predicted octanol–water partition coefficient (Wildman–Crippen LogP) is 2.11. The lowest BCUT2D eigenvalue weighted by atomic mass is 9.97. The normalized spacial score (nSPS) is 16.7. The predicted molar refractivity (Wildman–Crippen MR) is 98.7 cm³/mol. The highest BCUT2D eigenvalue weighted by molar-refractivity contribution is 5.80. The summed E-state index contributed by atoms with van der Waals surface area (Å²) >= 11 is 0. The first-order valence-electron chi connectivity index (χ1n) is 9.38. The average Bonchev–Trinajstić information content (AvgIpc) is 3.08. The van der Waals surface area contributed by atoms with Crippen LogP contribution in [0.3, 0.4) is 0 Å². The molecule has 1 N–H and O–H groups in total. The Balaban J connectivity index is 1.97. The largest absolute Gasteiger partial charge is 0.466 e. The van der Waals surface area contributed by atoms with Crippen molar-refractivity contribution in [2.45, 2.75) is 59.4 Å². The second-order valence-corrected chi connectivity index (χ2v) is 7.45. The number of guanidine groups is 1. The van der Waals surface area contributed by atoms with E-state index >= 15 is 0 Å². The Kier molecular flexibility index (Phi) is 6.99. The molecule has 8 nitrogen and oxygen atoms in total. The lowest BCUT2D eigenvalue weighted by molar-refractivity contribution is -0.149. The molecular weight excluding hydrogens is 334 g/mol. The zero-order chi connectivity index (χ0) is 19.2. The molecule has 8 heteroatoms. The van der Waals surface area contributed by atoms with Crippen molar-refractivity contribution in [3.63, 3.8) is 0 Å². The minimum absolute atomic E-state index is 0.0133. The molecule has 1 aromatic rings. The first-order chi connectivity index (χ1) is 12.3. The van der Waals surface area contributed by atoms with Gasteiger partial charge in [-0.3, -0.25) is 4.79 Å². The minimum Gasteiger partial charge on any atom is -0.466 e. The summed E-state index contributed by atoms with van der Waals surface area (Å²) in [6.07, 6.45) is 1.55. The van der Waals surface area contributed by atoms with Crippen molar-refractivity contribution in [3.05, 3.63) is 11.7 Å². The molecular formula is C18H31N5O3. The van der Waals surface area contributed by atoms with Gasteiger partial charge in [0.15, 0.2) is 11.8 Å². The van der Waals surface area contributed by atoms with Crippen molar-refractivity contribution in [1.29, 1.82) is 0 Å². The second-order valence-electron chi connectivity index (χ2n) is 7.45. The maximum atomic E-state index is 11.9. The highest BCUT2D eigenvalue weighted by Gasteiger charge is 2.27. The summed E-state index contributed by atoms with van der Waals surface area (Å²) in [5.41, 5.74) is -0.172. The standard InChI is InChI=1S/C18H31N5O3/c1-6-19-17(20-12-14-21-16(26-22-14)18(3,4)5)23-10-8-13(9-11-23)15(24)25-7-2/h13H,6-12H2,1-5H3,(H,19,20). The van der Waals surface area contributed by atoms with E-state index in [4.69, 9.17) is 9.26 Å².